The number of halogens is 1. The Kier molecular flexibility index (Phi) is 2.38. The number of rotatable bonds is 1. The van der Waals surface area contributed by atoms with Crippen molar-refractivity contribution in [3.8, 4) is 0 Å². The van der Waals surface area contributed by atoms with Crippen LogP contribution in [0.3, 0.4) is 0 Å². The van der Waals surface area contributed by atoms with E-state index >= 15 is 0 Å². The molecule has 2 aromatic rings. The molecule has 74 valence electrons. The summed E-state index contributed by atoms with van der Waals surface area (Å²) in [6, 6.07) is 4.39. The number of nitrogen functional groups attached to an aromatic ring is 1. The van der Waals surface area contributed by atoms with E-state index in [2.05, 4.69) is 46.0 Å². The highest BCUT2D eigenvalue weighted by Gasteiger charge is 2.09. The maximum Gasteiger partial charge on any atom is 0.104 e. The van der Waals surface area contributed by atoms with Crippen molar-refractivity contribution in [2.75, 3.05) is 5.73 Å². The summed E-state index contributed by atoms with van der Waals surface area (Å²) >= 11 is 2.24. The maximum atomic E-state index is 5.81. The van der Waals surface area contributed by atoms with E-state index in [-0.39, 0.29) is 0 Å². The molecule has 0 aliphatic rings. The molecule has 1 aromatic carbocycles. The number of hydrogen-bond donors (Lipinski definition) is 1. The van der Waals surface area contributed by atoms with E-state index in [4.69, 9.17) is 5.73 Å². The van der Waals surface area contributed by atoms with Gasteiger partial charge in [0.05, 0.1) is 15.4 Å². The molecule has 4 heteroatoms. The Bertz CT molecular complexity index is 473. The van der Waals surface area contributed by atoms with E-state index in [1.807, 2.05) is 18.5 Å². The Morgan fingerprint density at radius 3 is 2.79 bits per heavy atom. The largest absolute Gasteiger partial charge is 0.398 e. The van der Waals surface area contributed by atoms with Crippen molar-refractivity contribution >= 4 is 39.3 Å². The molecular weight excluding hydrogens is 289 g/mol. The standard InChI is InChI=1S/C10H12IN3/c1-6(2)14-5-13-10-8(14)4-3-7(12)9(10)11/h3-6H,12H2,1-2H3. The third-order valence-electron chi connectivity index (χ3n) is 2.27. The van der Waals surface area contributed by atoms with Crippen LogP contribution >= 0.6 is 22.6 Å². The molecular formula is C10H12IN3. The molecule has 0 bridgehead atoms. The quantitative estimate of drug-likeness (QED) is 0.650. The van der Waals surface area contributed by atoms with E-state index in [1.165, 1.54) is 0 Å². The summed E-state index contributed by atoms with van der Waals surface area (Å²) in [6.07, 6.45) is 1.87. The fourth-order valence-corrected chi connectivity index (χ4v) is 2.09. The highest BCUT2D eigenvalue weighted by Crippen LogP contribution is 2.26. The van der Waals surface area contributed by atoms with Gasteiger partial charge in [-0.25, -0.2) is 4.98 Å². The minimum absolute atomic E-state index is 0.430. The van der Waals surface area contributed by atoms with Gasteiger partial charge in [-0.15, -0.1) is 0 Å². The van der Waals surface area contributed by atoms with Crippen molar-refractivity contribution < 1.29 is 0 Å². The van der Waals surface area contributed by atoms with Crippen molar-refractivity contribution in [3.63, 3.8) is 0 Å². The summed E-state index contributed by atoms with van der Waals surface area (Å²) in [4.78, 5) is 4.38. The third-order valence-corrected chi connectivity index (χ3v) is 3.40. The van der Waals surface area contributed by atoms with Crippen molar-refractivity contribution in [1.29, 1.82) is 0 Å². The molecule has 0 saturated heterocycles. The molecule has 0 saturated carbocycles. The molecule has 0 spiro atoms. The van der Waals surface area contributed by atoms with E-state index in [0.717, 1.165) is 20.3 Å². The van der Waals surface area contributed by atoms with Crippen molar-refractivity contribution in [2.45, 2.75) is 19.9 Å². The van der Waals surface area contributed by atoms with E-state index in [1.54, 1.807) is 0 Å². The average Bonchev–Trinajstić information content (AvgIpc) is 2.55. The Labute approximate surface area is 96.4 Å². The highest BCUT2D eigenvalue weighted by molar-refractivity contribution is 14.1. The first kappa shape index (κ1) is 9.76. The smallest absolute Gasteiger partial charge is 0.104 e. The number of imidazole rings is 1. The lowest BCUT2D eigenvalue weighted by molar-refractivity contribution is 0.617. The molecule has 0 fully saturated rings. The van der Waals surface area contributed by atoms with E-state index < -0.39 is 0 Å². The van der Waals surface area contributed by atoms with Crippen LogP contribution in [-0.4, -0.2) is 9.55 Å². The van der Waals surface area contributed by atoms with Gasteiger partial charge in [-0.3, -0.25) is 0 Å². The number of hydrogen-bond acceptors (Lipinski definition) is 2. The fraction of sp³-hybridized carbons (Fsp3) is 0.300. The molecule has 0 radical (unpaired) electrons. The zero-order valence-corrected chi connectivity index (χ0v) is 10.3. The van der Waals surface area contributed by atoms with E-state index in [9.17, 15) is 0 Å². The number of anilines is 1. The van der Waals surface area contributed by atoms with Gasteiger partial charge in [-0.05, 0) is 48.6 Å². The topological polar surface area (TPSA) is 43.8 Å². The van der Waals surface area contributed by atoms with Crippen LogP contribution in [0.2, 0.25) is 0 Å². The SMILES string of the molecule is CC(C)n1cnc2c(I)c(N)ccc21. The van der Waals surface area contributed by atoms with Gasteiger partial charge in [0, 0.05) is 11.7 Å². The second kappa shape index (κ2) is 3.42. The minimum atomic E-state index is 0.430. The molecule has 0 amide bonds. The van der Waals surface area contributed by atoms with Crippen LogP contribution < -0.4 is 5.73 Å². The van der Waals surface area contributed by atoms with Crippen molar-refractivity contribution in [1.82, 2.24) is 9.55 Å². The predicted molar refractivity (Wildman–Crippen MR) is 67.2 cm³/mol. The zero-order valence-electron chi connectivity index (χ0n) is 8.16. The van der Waals surface area contributed by atoms with Crippen LogP contribution in [0.5, 0.6) is 0 Å². The summed E-state index contributed by atoms with van der Waals surface area (Å²) in [7, 11) is 0. The Hall–Kier alpha value is -0.780. The average molecular weight is 301 g/mol. The van der Waals surface area contributed by atoms with Gasteiger partial charge in [0.1, 0.15) is 5.52 Å². The number of aromatic nitrogens is 2. The van der Waals surface area contributed by atoms with Crippen LogP contribution in [0.25, 0.3) is 11.0 Å². The molecule has 1 aromatic heterocycles. The first-order valence-electron chi connectivity index (χ1n) is 4.51. The first-order chi connectivity index (χ1) is 6.61. The van der Waals surface area contributed by atoms with Crippen LogP contribution in [0.4, 0.5) is 5.69 Å². The molecule has 0 aliphatic heterocycles. The fourth-order valence-electron chi connectivity index (χ4n) is 1.49. The molecule has 1 heterocycles. The van der Waals surface area contributed by atoms with Gasteiger partial charge < -0.3 is 10.3 Å². The molecule has 0 aliphatic carbocycles. The lowest BCUT2D eigenvalue weighted by atomic mass is 10.2. The normalized spacial score (nSPS) is 11.4. The lowest BCUT2D eigenvalue weighted by Crippen LogP contribution is -1.98. The molecule has 2 N–H and O–H groups in total. The van der Waals surface area contributed by atoms with Crippen LogP contribution in [0.1, 0.15) is 19.9 Å². The summed E-state index contributed by atoms with van der Waals surface area (Å²) in [5.74, 6) is 0. The predicted octanol–water partition coefficient (Wildman–Crippen LogP) is 2.80. The van der Waals surface area contributed by atoms with Gasteiger partial charge in [-0.2, -0.15) is 0 Å². The van der Waals surface area contributed by atoms with Crippen LogP contribution in [0, 0.1) is 3.57 Å². The maximum absolute atomic E-state index is 5.81. The van der Waals surface area contributed by atoms with Gasteiger partial charge in [-0.1, -0.05) is 0 Å². The third kappa shape index (κ3) is 1.37. The lowest BCUT2D eigenvalue weighted by Gasteiger charge is -2.08. The zero-order chi connectivity index (χ0) is 10.3. The molecule has 0 atom stereocenters. The van der Waals surface area contributed by atoms with Gasteiger partial charge in [0.15, 0.2) is 0 Å². The molecule has 3 nitrogen and oxygen atoms in total. The molecule has 0 unspecified atom stereocenters. The van der Waals surface area contributed by atoms with Gasteiger partial charge >= 0.3 is 0 Å². The van der Waals surface area contributed by atoms with Crippen LogP contribution in [0.15, 0.2) is 18.5 Å². The summed E-state index contributed by atoms with van der Waals surface area (Å²) in [5, 5.41) is 0. The summed E-state index contributed by atoms with van der Waals surface area (Å²) in [5.41, 5.74) is 8.76. The highest BCUT2D eigenvalue weighted by atomic mass is 127. The second-order valence-electron chi connectivity index (χ2n) is 3.58. The molecule has 14 heavy (non-hydrogen) atoms. The number of nitrogens with two attached hydrogens (primary N) is 1. The summed E-state index contributed by atoms with van der Waals surface area (Å²) < 4.78 is 3.19. The van der Waals surface area contributed by atoms with Gasteiger partial charge in [0.25, 0.3) is 0 Å². The Morgan fingerprint density at radius 2 is 2.14 bits per heavy atom. The monoisotopic (exact) mass is 301 g/mol. The summed E-state index contributed by atoms with van der Waals surface area (Å²) in [6.45, 7) is 4.29. The minimum Gasteiger partial charge on any atom is -0.398 e. The van der Waals surface area contributed by atoms with Crippen molar-refractivity contribution in [2.24, 2.45) is 0 Å². The second-order valence-corrected chi connectivity index (χ2v) is 4.66. The number of nitrogens with zero attached hydrogens (tertiary/aromatic N) is 2. The van der Waals surface area contributed by atoms with E-state index in [0.29, 0.717) is 6.04 Å². The molecule has 2 rings (SSSR count). The van der Waals surface area contributed by atoms with Gasteiger partial charge in [0.2, 0.25) is 0 Å². The Morgan fingerprint density at radius 1 is 1.43 bits per heavy atom. The Balaban J connectivity index is 2.77. The van der Waals surface area contributed by atoms with Crippen molar-refractivity contribution in [3.05, 3.63) is 22.0 Å². The first-order valence-corrected chi connectivity index (χ1v) is 5.59. The number of benzene rings is 1. The number of fused-ring (bicyclic) bond motifs is 1. The van der Waals surface area contributed by atoms with Crippen LogP contribution in [-0.2, 0) is 0 Å².